The fourth-order valence-electron chi connectivity index (χ4n) is 8.59. The summed E-state index contributed by atoms with van der Waals surface area (Å²) in [5.41, 5.74) is 1.44. The highest BCUT2D eigenvalue weighted by Crippen LogP contribution is 2.48. The molecule has 14 nitrogen and oxygen atoms in total. The SMILES string of the molecule is COc1ccc2c(O[C@@H]3C[C@H]4C(=O)N[C@]5(C(=O)NS(=O)(=O)C6(C)CC6)C[C@@H]5/C=C\CCCCC[C@H](Nc5cccc(OC(F)(F)F)c5)C(=O)N4C3)cc(-c3nc(C(C)C)cs3)nc2c1C. The van der Waals surface area contributed by atoms with Crippen molar-refractivity contribution in [1.29, 1.82) is 0 Å². The van der Waals surface area contributed by atoms with Crippen molar-refractivity contribution in [2.24, 2.45) is 5.92 Å². The van der Waals surface area contributed by atoms with E-state index in [1.54, 1.807) is 20.1 Å². The van der Waals surface area contributed by atoms with E-state index in [0.29, 0.717) is 65.2 Å². The van der Waals surface area contributed by atoms with Crippen LogP contribution in [0.2, 0.25) is 0 Å². The molecule has 1 saturated heterocycles. The van der Waals surface area contributed by atoms with Crippen molar-refractivity contribution in [3.05, 3.63) is 71.3 Å². The molecule has 4 aromatic rings. The summed E-state index contributed by atoms with van der Waals surface area (Å²) in [6, 6.07) is 8.45. The minimum Gasteiger partial charge on any atom is -0.496 e. The summed E-state index contributed by atoms with van der Waals surface area (Å²) >= 11 is 1.45. The van der Waals surface area contributed by atoms with E-state index in [1.165, 1.54) is 28.4 Å². The molecule has 2 aromatic heterocycles. The highest BCUT2D eigenvalue weighted by atomic mass is 32.2. The largest absolute Gasteiger partial charge is 0.573 e. The number of benzene rings is 2. The second-order valence-corrected chi connectivity index (χ2v) is 21.1. The van der Waals surface area contributed by atoms with Crippen LogP contribution in [0.5, 0.6) is 17.2 Å². The third-order valence-electron chi connectivity index (χ3n) is 12.9. The molecule has 2 aromatic carbocycles. The molecule has 2 aliphatic heterocycles. The Morgan fingerprint density at radius 2 is 1.85 bits per heavy atom. The predicted molar refractivity (Wildman–Crippen MR) is 239 cm³/mol. The van der Waals surface area contributed by atoms with Crippen LogP contribution < -0.4 is 29.6 Å². The van der Waals surface area contributed by atoms with Gasteiger partial charge in [-0.2, -0.15) is 0 Å². The molecule has 65 heavy (non-hydrogen) atoms. The number of aromatic nitrogens is 2. The second kappa shape index (κ2) is 17.8. The molecule has 4 aliphatic rings. The Labute approximate surface area is 379 Å². The molecule has 5 atom stereocenters. The van der Waals surface area contributed by atoms with Gasteiger partial charge in [-0.15, -0.1) is 24.5 Å². The van der Waals surface area contributed by atoms with Crippen LogP contribution in [0.3, 0.4) is 0 Å². The molecule has 0 bridgehead atoms. The summed E-state index contributed by atoms with van der Waals surface area (Å²) in [4.78, 5) is 55.0. The van der Waals surface area contributed by atoms with Crippen LogP contribution in [0.25, 0.3) is 21.6 Å². The summed E-state index contributed by atoms with van der Waals surface area (Å²) < 4.78 is 84.0. The fraction of sp³-hybridized carbons (Fsp3) is 0.500. The van der Waals surface area contributed by atoms with Crippen LogP contribution in [0, 0.1) is 12.8 Å². The minimum absolute atomic E-state index is 0.0171. The topological polar surface area (TPSA) is 178 Å². The molecule has 19 heteroatoms. The normalized spacial score (nSPS) is 25.1. The van der Waals surface area contributed by atoms with Crippen LogP contribution >= 0.6 is 11.3 Å². The number of carbonyl (C=O) groups is 3. The Bertz CT molecular complexity index is 2630. The number of nitrogens with zero attached hydrogens (tertiary/aromatic N) is 3. The zero-order valence-electron chi connectivity index (χ0n) is 36.8. The molecule has 8 rings (SSSR count). The maximum atomic E-state index is 15.0. The van der Waals surface area contributed by atoms with Crippen LogP contribution in [-0.2, 0) is 24.4 Å². The summed E-state index contributed by atoms with van der Waals surface area (Å²) in [7, 11) is -2.49. The molecule has 348 valence electrons. The van der Waals surface area contributed by atoms with E-state index in [2.05, 4.69) is 33.9 Å². The summed E-state index contributed by atoms with van der Waals surface area (Å²) in [6.07, 6.45) is 1.88. The molecule has 2 saturated carbocycles. The number of alkyl halides is 3. The number of nitrogens with one attached hydrogen (secondary N) is 3. The van der Waals surface area contributed by atoms with Crippen molar-refractivity contribution >= 4 is 55.7 Å². The standard InChI is InChI=1S/C46H53F3N6O8S2/c1-26(2)35-25-64-41(52-35)34-22-38(32-16-17-37(61-5)27(3)39(32)51-34)62-31-21-36-40(56)53-45(43(58)54-65(59,60)44(4)18-19-44)23-28(45)12-9-7-6-8-10-15-33(42(57)55(36)24-31)50-29-13-11-14-30(20-29)63-46(47,48)49/h9,11-14,16-17,20,22,25-26,28,31,33,36,50H,6-8,10,15,18-19,21,23-24H2,1-5H3,(H,53,56)(H,54,58)/b12-9-/t28-,31+,33-,36-,45+/m0/s1. The van der Waals surface area contributed by atoms with Gasteiger partial charge < -0.3 is 29.7 Å². The van der Waals surface area contributed by atoms with Crippen molar-refractivity contribution in [1.82, 2.24) is 24.9 Å². The van der Waals surface area contributed by atoms with Crippen molar-refractivity contribution < 1.29 is 50.2 Å². The number of hydrogen-bond donors (Lipinski definition) is 3. The Morgan fingerprint density at radius 1 is 1.06 bits per heavy atom. The van der Waals surface area contributed by atoms with E-state index < -0.39 is 74.2 Å². The lowest BCUT2D eigenvalue weighted by atomic mass is 10.0. The average molecular weight is 939 g/mol. The number of methoxy groups -OCH3 is 1. The number of ether oxygens (including phenoxy) is 3. The number of fused-ring (bicyclic) bond motifs is 3. The number of rotatable bonds is 11. The zero-order chi connectivity index (χ0) is 46.5. The molecule has 0 unspecified atom stereocenters. The van der Waals surface area contributed by atoms with Gasteiger partial charge in [0.05, 0.1) is 29.6 Å². The maximum Gasteiger partial charge on any atom is 0.573 e. The second-order valence-electron chi connectivity index (χ2n) is 18.0. The van der Waals surface area contributed by atoms with Crippen LogP contribution in [-0.4, -0.2) is 89.5 Å². The quantitative estimate of drug-likeness (QED) is 0.125. The van der Waals surface area contributed by atoms with Crippen molar-refractivity contribution in [2.75, 3.05) is 19.0 Å². The van der Waals surface area contributed by atoms with Gasteiger partial charge in [-0.25, -0.2) is 18.4 Å². The number of allylic oxidation sites excluding steroid dienone is 1. The first-order chi connectivity index (χ1) is 30.8. The first-order valence-electron chi connectivity index (χ1n) is 21.9. The Balaban J connectivity index is 1.16. The Morgan fingerprint density at radius 3 is 2.55 bits per heavy atom. The summed E-state index contributed by atoms with van der Waals surface area (Å²) in [6.45, 7) is 7.48. The number of sulfonamides is 1. The van der Waals surface area contributed by atoms with Crippen LogP contribution in [0.4, 0.5) is 18.9 Å². The smallest absolute Gasteiger partial charge is 0.496 e. The number of thiazole rings is 1. The van der Waals surface area contributed by atoms with E-state index >= 15 is 0 Å². The first-order valence-corrected chi connectivity index (χ1v) is 24.2. The van der Waals surface area contributed by atoms with Crippen molar-refractivity contribution in [3.8, 4) is 28.0 Å². The lowest BCUT2D eigenvalue weighted by Crippen LogP contribution is -2.58. The predicted octanol–water partition coefficient (Wildman–Crippen LogP) is 7.92. The molecule has 3 fully saturated rings. The molecule has 2 aliphatic carbocycles. The van der Waals surface area contributed by atoms with E-state index in [0.717, 1.165) is 29.8 Å². The monoisotopic (exact) mass is 938 g/mol. The van der Waals surface area contributed by atoms with Gasteiger partial charge in [0.1, 0.15) is 51.7 Å². The highest BCUT2D eigenvalue weighted by Gasteiger charge is 2.63. The Kier molecular flexibility index (Phi) is 12.6. The van der Waals surface area contributed by atoms with Crippen molar-refractivity contribution in [2.45, 2.75) is 126 Å². The summed E-state index contributed by atoms with van der Waals surface area (Å²) in [5, 5.41) is 9.33. The lowest BCUT2D eigenvalue weighted by Gasteiger charge is -2.30. The third-order valence-corrected chi connectivity index (χ3v) is 15.9. The van der Waals surface area contributed by atoms with E-state index in [-0.39, 0.29) is 37.4 Å². The fourth-order valence-corrected chi connectivity index (χ4v) is 10.8. The molecule has 3 N–H and O–H groups in total. The number of halogens is 3. The zero-order valence-corrected chi connectivity index (χ0v) is 38.4. The van der Waals surface area contributed by atoms with Gasteiger partial charge in [-0.3, -0.25) is 19.1 Å². The van der Waals surface area contributed by atoms with Gasteiger partial charge in [-0.1, -0.05) is 44.9 Å². The highest BCUT2D eigenvalue weighted by molar-refractivity contribution is 7.91. The van der Waals surface area contributed by atoms with Gasteiger partial charge in [0.25, 0.3) is 5.91 Å². The first kappa shape index (κ1) is 46.1. The van der Waals surface area contributed by atoms with Crippen LogP contribution in [0.1, 0.15) is 95.7 Å². The molecule has 0 radical (unpaired) electrons. The number of hydrogen-bond acceptors (Lipinski definition) is 12. The lowest BCUT2D eigenvalue weighted by molar-refractivity contribution is -0.274. The van der Waals surface area contributed by atoms with Gasteiger partial charge in [0, 0.05) is 46.5 Å². The van der Waals surface area contributed by atoms with Crippen LogP contribution in [0.15, 0.2) is 60.0 Å². The third kappa shape index (κ3) is 9.76. The number of pyridine rings is 1. The van der Waals surface area contributed by atoms with Gasteiger partial charge in [0.15, 0.2) is 0 Å². The minimum atomic E-state index is -4.94. The number of carbonyl (C=O) groups excluding carboxylic acids is 3. The average Bonchev–Trinajstić information content (AvgIpc) is 4.02. The molecular weight excluding hydrogens is 886 g/mol. The molecule has 0 spiro atoms. The summed E-state index contributed by atoms with van der Waals surface area (Å²) in [5.74, 6) is -1.77. The number of amides is 3. The van der Waals surface area contributed by atoms with E-state index in [9.17, 15) is 36.0 Å². The van der Waals surface area contributed by atoms with Gasteiger partial charge >= 0.3 is 6.36 Å². The molecular formula is C46H53F3N6O8S2. The van der Waals surface area contributed by atoms with E-state index in [4.69, 9.17) is 19.4 Å². The molecule has 3 amide bonds. The van der Waals surface area contributed by atoms with Gasteiger partial charge in [0.2, 0.25) is 21.8 Å². The van der Waals surface area contributed by atoms with Crippen molar-refractivity contribution in [3.63, 3.8) is 0 Å². The Hall–Kier alpha value is -5.43. The number of aryl methyl sites for hydroxylation is 1. The number of anilines is 1. The maximum absolute atomic E-state index is 15.0. The van der Waals surface area contributed by atoms with E-state index in [1.807, 2.05) is 36.6 Å². The molecule has 4 heterocycles. The van der Waals surface area contributed by atoms with Gasteiger partial charge in [-0.05, 0) is 82.6 Å².